The van der Waals surface area contributed by atoms with Crippen molar-refractivity contribution in [1.82, 2.24) is 9.97 Å². The summed E-state index contributed by atoms with van der Waals surface area (Å²) in [5.74, 6) is -0.761. The van der Waals surface area contributed by atoms with Crippen molar-refractivity contribution in [2.75, 3.05) is 12.0 Å². The summed E-state index contributed by atoms with van der Waals surface area (Å²) in [5.41, 5.74) is 0.748. The quantitative estimate of drug-likeness (QED) is 0.338. The van der Waals surface area contributed by atoms with Crippen LogP contribution in [0.4, 0.5) is 11.4 Å². The normalized spacial score (nSPS) is 16.8. The molecule has 0 aliphatic carbocycles. The van der Waals surface area contributed by atoms with Crippen molar-refractivity contribution in [2.24, 2.45) is 0 Å². The summed E-state index contributed by atoms with van der Waals surface area (Å²) in [6, 6.07) is 5.48. The molecular weight excluding hydrogens is 360 g/mol. The number of carbonyl (C=O) groups excluding carboxylic acids is 2. The second-order valence-corrected chi connectivity index (χ2v) is 6.64. The maximum atomic E-state index is 12.7. The zero-order valence-electron chi connectivity index (χ0n) is 13.9. The van der Waals surface area contributed by atoms with Gasteiger partial charge in [0, 0.05) is 24.4 Å². The Morgan fingerprint density at radius 1 is 1.35 bits per heavy atom. The van der Waals surface area contributed by atoms with Crippen LogP contribution in [0.3, 0.4) is 0 Å². The van der Waals surface area contributed by atoms with Gasteiger partial charge in [0.1, 0.15) is 11.0 Å². The van der Waals surface area contributed by atoms with E-state index >= 15 is 0 Å². The van der Waals surface area contributed by atoms with Gasteiger partial charge in [0.25, 0.3) is 5.69 Å². The van der Waals surface area contributed by atoms with E-state index in [2.05, 4.69) is 9.97 Å². The van der Waals surface area contributed by atoms with Gasteiger partial charge in [-0.3, -0.25) is 19.7 Å². The predicted molar refractivity (Wildman–Crippen MR) is 93.2 cm³/mol. The number of thioether (sulfide) groups is 1. The number of aromatic nitrogens is 2. The van der Waals surface area contributed by atoms with Crippen LogP contribution in [0.15, 0.2) is 35.6 Å². The van der Waals surface area contributed by atoms with Crippen molar-refractivity contribution >= 4 is 35.0 Å². The van der Waals surface area contributed by atoms with Crippen LogP contribution in [-0.2, 0) is 9.59 Å². The molecule has 2 aromatic rings. The number of imide groups is 1. The molecule has 0 bridgehead atoms. The molecule has 0 N–H and O–H groups in total. The molecule has 2 heterocycles. The van der Waals surface area contributed by atoms with E-state index in [0.717, 1.165) is 22.4 Å². The average molecular weight is 374 g/mol. The second-order valence-electron chi connectivity index (χ2n) is 5.47. The summed E-state index contributed by atoms with van der Waals surface area (Å²) >= 11 is 1.11. The summed E-state index contributed by atoms with van der Waals surface area (Å²) in [6.45, 7) is 1.81. The first-order chi connectivity index (χ1) is 12.4. The number of amides is 2. The molecule has 134 valence electrons. The molecule has 0 unspecified atom stereocenters. The van der Waals surface area contributed by atoms with E-state index < -0.39 is 22.0 Å². The van der Waals surface area contributed by atoms with Gasteiger partial charge >= 0.3 is 0 Å². The van der Waals surface area contributed by atoms with Crippen LogP contribution in [0.1, 0.15) is 12.1 Å². The molecule has 0 spiro atoms. The van der Waals surface area contributed by atoms with Gasteiger partial charge in [0.05, 0.1) is 23.8 Å². The first kappa shape index (κ1) is 17.8. The van der Waals surface area contributed by atoms with Crippen LogP contribution in [0.2, 0.25) is 0 Å². The minimum absolute atomic E-state index is 0.0130. The first-order valence-electron chi connectivity index (χ1n) is 7.56. The van der Waals surface area contributed by atoms with Crippen LogP contribution in [0, 0.1) is 17.0 Å². The number of non-ortho nitro benzene ring substituents is 1. The molecule has 26 heavy (non-hydrogen) atoms. The molecule has 1 aliphatic heterocycles. The number of ether oxygens (including phenoxy) is 1. The summed E-state index contributed by atoms with van der Waals surface area (Å²) in [5, 5.41) is 10.6. The fourth-order valence-electron chi connectivity index (χ4n) is 2.52. The van der Waals surface area contributed by atoms with Crippen LogP contribution in [0.25, 0.3) is 0 Å². The molecule has 2 amide bonds. The van der Waals surface area contributed by atoms with Gasteiger partial charge in [-0.25, -0.2) is 14.9 Å². The topological polar surface area (TPSA) is 116 Å². The highest BCUT2D eigenvalue weighted by Gasteiger charge is 2.42. The lowest BCUT2D eigenvalue weighted by Gasteiger charge is -2.17. The van der Waals surface area contributed by atoms with E-state index in [1.807, 2.05) is 0 Å². The third kappa shape index (κ3) is 3.36. The highest BCUT2D eigenvalue weighted by atomic mass is 32.2. The third-order valence-corrected chi connectivity index (χ3v) is 4.80. The summed E-state index contributed by atoms with van der Waals surface area (Å²) in [4.78, 5) is 44.8. The van der Waals surface area contributed by atoms with Gasteiger partial charge in [0.15, 0.2) is 5.16 Å². The molecule has 1 aromatic heterocycles. The third-order valence-electron chi connectivity index (χ3n) is 3.74. The van der Waals surface area contributed by atoms with E-state index in [4.69, 9.17) is 4.74 Å². The summed E-state index contributed by atoms with van der Waals surface area (Å²) in [6.07, 6.45) is 1.57. The number of carbonyl (C=O) groups is 2. The van der Waals surface area contributed by atoms with Crippen LogP contribution in [0.5, 0.6) is 5.75 Å². The van der Waals surface area contributed by atoms with Crippen molar-refractivity contribution < 1.29 is 19.2 Å². The largest absolute Gasteiger partial charge is 0.494 e. The number of nitro groups is 1. The van der Waals surface area contributed by atoms with Crippen molar-refractivity contribution in [2.45, 2.75) is 23.8 Å². The average Bonchev–Trinajstić information content (AvgIpc) is 2.88. The monoisotopic (exact) mass is 374 g/mol. The first-order valence-corrected chi connectivity index (χ1v) is 8.44. The maximum Gasteiger partial charge on any atom is 0.273 e. The van der Waals surface area contributed by atoms with E-state index in [-0.39, 0.29) is 23.5 Å². The van der Waals surface area contributed by atoms with Gasteiger partial charge in [0.2, 0.25) is 11.8 Å². The Hall–Kier alpha value is -3.01. The lowest BCUT2D eigenvalue weighted by atomic mass is 10.2. The Labute approximate surface area is 152 Å². The number of anilines is 1. The number of hydrogen-bond acceptors (Lipinski definition) is 8. The number of nitro benzene ring substituents is 1. The Balaban J connectivity index is 1.88. The van der Waals surface area contributed by atoms with Gasteiger partial charge in [-0.15, -0.1) is 0 Å². The molecular formula is C16H14N4O5S. The Kier molecular flexibility index (Phi) is 4.85. The highest BCUT2D eigenvalue weighted by molar-refractivity contribution is 8.00. The van der Waals surface area contributed by atoms with Gasteiger partial charge in [-0.1, -0.05) is 11.8 Å². The fraction of sp³-hybridized carbons (Fsp3) is 0.250. The Morgan fingerprint density at radius 2 is 2.12 bits per heavy atom. The lowest BCUT2D eigenvalue weighted by molar-refractivity contribution is -0.384. The van der Waals surface area contributed by atoms with Crippen molar-refractivity contribution in [3.05, 3.63) is 46.3 Å². The molecule has 9 nitrogen and oxygen atoms in total. The standard InChI is InChI=1S/C16H14N4O5S/c1-9-5-6-17-16(18-9)26-13-8-14(21)19(15(13)22)11-4-3-10(20(23)24)7-12(11)25-2/h3-7,13H,8H2,1-2H3/t13-/m0/s1. The fourth-order valence-corrected chi connectivity index (χ4v) is 3.53. The lowest BCUT2D eigenvalue weighted by Crippen LogP contribution is -2.31. The van der Waals surface area contributed by atoms with E-state index in [9.17, 15) is 19.7 Å². The van der Waals surface area contributed by atoms with Gasteiger partial charge in [-0.05, 0) is 19.1 Å². The van der Waals surface area contributed by atoms with Crippen molar-refractivity contribution in [1.29, 1.82) is 0 Å². The maximum absolute atomic E-state index is 12.7. The molecule has 1 saturated heterocycles. The molecule has 0 radical (unpaired) electrons. The number of methoxy groups -OCH3 is 1. The highest BCUT2D eigenvalue weighted by Crippen LogP contribution is 2.38. The molecule has 0 saturated carbocycles. The molecule has 1 atom stereocenters. The van der Waals surface area contributed by atoms with E-state index in [1.54, 1.807) is 19.2 Å². The van der Waals surface area contributed by atoms with Crippen molar-refractivity contribution in [3.8, 4) is 5.75 Å². The SMILES string of the molecule is COc1cc([N+](=O)[O-])ccc1N1C(=O)C[C@H](Sc2nccc(C)n2)C1=O. The van der Waals surface area contributed by atoms with Crippen LogP contribution >= 0.6 is 11.8 Å². The molecule has 1 aliphatic rings. The predicted octanol–water partition coefficient (Wildman–Crippen LogP) is 2.13. The van der Waals surface area contributed by atoms with Crippen molar-refractivity contribution in [3.63, 3.8) is 0 Å². The Morgan fingerprint density at radius 3 is 2.77 bits per heavy atom. The number of nitrogens with zero attached hydrogens (tertiary/aromatic N) is 4. The smallest absolute Gasteiger partial charge is 0.273 e. The minimum Gasteiger partial charge on any atom is -0.494 e. The Bertz CT molecular complexity index is 904. The van der Waals surface area contributed by atoms with Gasteiger partial charge in [-0.2, -0.15) is 0 Å². The number of aryl methyl sites for hydroxylation is 1. The summed E-state index contributed by atoms with van der Waals surface area (Å²) in [7, 11) is 1.32. The minimum atomic E-state index is -0.663. The van der Waals surface area contributed by atoms with E-state index in [1.165, 1.54) is 25.3 Å². The molecule has 1 fully saturated rings. The van der Waals surface area contributed by atoms with E-state index in [0.29, 0.717) is 5.16 Å². The van der Waals surface area contributed by atoms with Crippen LogP contribution < -0.4 is 9.64 Å². The second kappa shape index (κ2) is 7.08. The molecule has 3 rings (SSSR count). The number of rotatable bonds is 5. The molecule has 10 heteroatoms. The van der Waals surface area contributed by atoms with Crippen LogP contribution in [-0.4, -0.2) is 39.1 Å². The zero-order valence-corrected chi connectivity index (χ0v) is 14.7. The molecule has 1 aromatic carbocycles. The summed E-state index contributed by atoms with van der Waals surface area (Å²) < 4.78 is 5.13. The number of benzene rings is 1. The number of hydrogen-bond donors (Lipinski definition) is 0. The zero-order chi connectivity index (χ0) is 18.8. The van der Waals surface area contributed by atoms with Gasteiger partial charge < -0.3 is 4.74 Å².